The molecule has 6 heteroatoms. The van der Waals surface area contributed by atoms with E-state index in [2.05, 4.69) is 103 Å². The fourth-order valence-corrected chi connectivity index (χ4v) is 4.30. The summed E-state index contributed by atoms with van der Waals surface area (Å²) in [5, 5.41) is 10.9. The van der Waals surface area contributed by atoms with E-state index in [1.54, 1.807) is 0 Å². The minimum Gasteiger partial charge on any atom is -1.00 e. The van der Waals surface area contributed by atoms with Gasteiger partial charge in [-0.15, -0.1) is 0 Å². The Bertz CT molecular complexity index is 815. The second kappa shape index (κ2) is 17.0. The van der Waals surface area contributed by atoms with Crippen LogP contribution in [0.5, 0.6) is 0 Å². The van der Waals surface area contributed by atoms with Gasteiger partial charge in [0.25, 0.3) is 0 Å². The summed E-state index contributed by atoms with van der Waals surface area (Å²) >= 11 is 0. The van der Waals surface area contributed by atoms with Gasteiger partial charge in [-0.1, -0.05) is 71.4 Å². The molecule has 0 aliphatic rings. The largest absolute Gasteiger partial charge is 2.00 e. The number of hydrogen-bond donors (Lipinski definition) is 3. The number of halogens is 2. The van der Waals surface area contributed by atoms with Crippen molar-refractivity contribution in [3.63, 3.8) is 0 Å². The number of aryl methyl sites for hydroxylation is 3. The molecule has 0 aliphatic carbocycles. The van der Waals surface area contributed by atoms with Gasteiger partial charge in [0.15, 0.2) is 0 Å². The molecular formula is C28H45Br2CoN3. The Labute approximate surface area is 240 Å². The van der Waals surface area contributed by atoms with Crippen molar-refractivity contribution in [2.75, 3.05) is 36.8 Å². The van der Waals surface area contributed by atoms with E-state index >= 15 is 0 Å². The van der Waals surface area contributed by atoms with Crippen LogP contribution in [0.25, 0.3) is 0 Å². The van der Waals surface area contributed by atoms with Crippen LogP contribution in [-0.4, -0.2) is 26.2 Å². The van der Waals surface area contributed by atoms with Gasteiger partial charge in [0, 0.05) is 37.6 Å². The zero-order valence-corrected chi connectivity index (χ0v) is 26.7. The van der Waals surface area contributed by atoms with Gasteiger partial charge in [0.2, 0.25) is 0 Å². The van der Waals surface area contributed by atoms with Crippen LogP contribution in [0.4, 0.5) is 11.4 Å². The van der Waals surface area contributed by atoms with E-state index in [0.29, 0.717) is 17.8 Å². The number of benzene rings is 2. The molecule has 3 nitrogen and oxygen atoms in total. The molecule has 0 bridgehead atoms. The maximum Gasteiger partial charge on any atom is 2.00 e. The third kappa shape index (κ3) is 10.2. The average molecular weight is 642 g/mol. The summed E-state index contributed by atoms with van der Waals surface area (Å²) in [5.41, 5.74) is 10.9. The van der Waals surface area contributed by atoms with Gasteiger partial charge >= 0.3 is 16.8 Å². The molecule has 0 atom stereocenters. The van der Waals surface area contributed by atoms with Crippen LogP contribution in [0.1, 0.15) is 92.7 Å². The minimum atomic E-state index is 0. The number of hydrogen-bond acceptors (Lipinski definition) is 3. The van der Waals surface area contributed by atoms with Crippen LogP contribution < -0.4 is 49.9 Å². The second-order valence-corrected chi connectivity index (χ2v) is 9.92. The van der Waals surface area contributed by atoms with Crippen LogP contribution in [0.3, 0.4) is 0 Å². The summed E-state index contributed by atoms with van der Waals surface area (Å²) in [6.45, 7) is 24.1. The number of rotatable bonds is 11. The Morgan fingerprint density at radius 3 is 1.38 bits per heavy atom. The van der Waals surface area contributed by atoms with E-state index < -0.39 is 0 Å². The Balaban J connectivity index is 0. The van der Waals surface area contributed by atoms with E-state index in [1.807, 2.05) is 0 Å². The SMILES string of the molecule is Cc1cc(C)c(NCCNCCNc2c(C(C)C)cc(C(C)C)cc2C(C)C)c(C)c1.[Br-].[Br-].[Co+2]. The van der Waals surface area contributed by atoms with Crippen LogP contribution in [-0.2, 0) is 16.8 Å². The van der Waals surface area contributed by atoms with Gasteiger partial charge in [-0.3, -0.25) is 0 Å². The molecule has 0 amide bonds. The molecule has 0 saturated carbocycles. The van der Waals surface area contributed by atoms with Gasteiger partial charge in [0.05, 0.1) is 0 Å². The monoisotopic (exact) mass is 640 g/mol. The molecule has 0 aliphatic heterocycles. The van der Waals surface area contributed by atoms with Gasteiger partial charge in [-0.25, -0.2) is 0 Å². The zero-order valence-electron chi connectivity index (χ0n) is 22.5. The molecule has 0 unspecified atom stereocenters. The molecule has 195 valence electrons. The Morgan fingerprint density at radius 1 is 0.588 bits per heavy atom. The van der Waals surface area contributed by atoms with Gasteiger partial charge in [0.1, 0.15) is 0 Å². The smallest absolute Gasteiger partial charge is 1.00 e. The first kappa shape index (κ1) is 35.6. The summed E-state index contributed by atoms with van der Waals surface area (Å²) in [6.07, 6.45) is 0. The van der Waals surface area contributed by atoms with Gasteiger partial charge in [-0.2, -0.15) is 0 Å². The fourth-order valence-electron chi connectivity index (χ4n) is 4.30. The summed E-state index contributed by atoms with van der Waals surface area (Å²) in [7, 11) is 0. The molecule has 1 radical (unpaired) electrons. The Hall–Kier alpha value is -0.534. The van der Waals surface area contributed by atoms with Crippen molar-refractivity contribution in [2.24, 2.45) is 0 Å². The van der Waals surface area contributed by atoms with Crippen molar-refractivity contribution < 1.29 is 50.7 Å². The predicted octanol–water partition coefficient (Wildman–Crippen LogP) is 1.10. The van der Waals surface area contributed by atoms with Crippen molar-refractivity contribution in [3.8, 4) is 0 Å². The summed E-state index contributed by atoms with van der Waals surface area (Å²) < 4.78 is 0. The summed E-state index contributed by atoms with van der Waals surface area (Å²) in [6, 6.07) is 9.31. The van der Waals surface area contributed by atoms with E-state index in [9.17, 15) is 0 Å². The Kier molecular flexibility index (Phi) is 17.8. The average Bonchev–Trinajstić information content (AvgIpc) is 2.67. The molecule has 2 aromatic carbocycles. The van der Waals surface area contributed by atoms with Gasteiger partial charge < -0.3 is 49.9 Å². The first-order valence-electron chi connectivity index (χ1n) is 12.1. The van der Waals surface area contributed by atoms with Crippen molar-refractivity contribution >= 4 is 11.4 Å². The molecular weight excluding hydrogens is 597 g/mol. The van der Waals surface area contributed by atoms with Crippen LogP contribution in [0, 0.1) is 20.8 Å². The molecule has 34 heavy (non-hydrogen) atoms. The van der Waals surface area contributed by atoms with Crippen LogP contribution >= 0.6 is 0 Å². The summed E-state index contributed by atoms with van der Waals surface area (Å²) in [4.78, 5) is 0. The number of nitrogens with one attached hydrogen (secondary N) is 3. The molecule has 3 N–H and O–H groups in total. The van der Waals surface area contributed by atoms with E-state index in [4.69, 9.17) is 0 Å². The fraction of sp³-hybridized carbons (Fsp3) is 0.571. The molecule has 0 spiro atoms. The van der Waals surface area contributed by atoms with Crippen LogP contribution in [0.15, 0.2) is 24.3 Å². The Morgan fingerprint density at radius 2 is 1.00 bits per heavy atom. The maximum absolute atomic E-state index is 3.76. The third-order valence-corrected chi connectivity index (χ3v) is 6.02. The van der Waals surface area contributed by atoms with Gasteiger partial charge in [-0.05, 0) is 66.3 Å². The topological polar surface area (TPSA) is 36.1 Å². The third-order valence-electron chi connectivity index (χ3n) is 6.02. The second-order valence-electron chi connectivity index (χ2n) is 9.92. The normalized spacial score (nSPS) is 10.6. The zero-order chi connectivity index (χ0) is 23.1. The first-order chi connectivity index (χ1) is 14.6. The predicted molar refractivity (Wildman–Crippen MR) is 139 cm³/mol. The van der Waals surface area contributed by atoms with E-state index in [-0.39, 0.29) is 50.7 Å². The quantitative estimate of drug-likeness (QED) is 0.322. The first-order valence-corrected chi connectivity index (χ1v) is 12.1. The van der Waals surface area contributed by atoms with Crippen molar-refractivity contribution in [1.82, 2.24) is 5.32 Å². The van der Waals surface area contributed by atoms with Crippen LogP contribution in [0.2, 0.25) is 0 Å². The molecule has 2 rings (SSSR count). The van der Waals surface area contributed by atoms with Crippen molar-refractivity contribution in [3.05, 3.63) is 57.6 Å². The molecule has 2 aromatic rings. The molecule has 0 heterocycles. The molecule has 0 fully saturated rings. The van der Waals surface area contributed by atoms with E-state index in [1.165, 1.54) is 44.8 Å². The summed E-state index contributed by atoms with van der Waals surface area (Å²) in [5.74, 6) is 1.58. The standard InChI is InChI=1S/C28H45N3.2BrH.Co/c1-18(2)24-16-25(19(3)4)28(26(17-24)20(5)6)31-13-11-29-10-12-30-27-22(8)14-21(7)15-23(27)9;;;/h14-20,29-31H,10-13H2,1-9H3;2*1H;/q;;;+2/p-2. The minimum absolute atomic E-state index is 0. The molecule has 0 aromatic heterocycles. The van der Waals surface area contributed by atoms with E-state index in [0.717, 1.165) is 26.2 Å². The van der Waals surface area contributed by atoms with Crippen molar-refractivity contribution in [2.45, 2.75) is 80.1 Å². The molecule has 0 saturated heterocycles. The maximum atomic E-state index is 3.76. The number of anilines is 2. The van der Waals surface area contributed by atoms with Crippen molar-refractivity contribution in [1.29, 1.82) is 0 Å².